The van der Waals surface area contributed by atoms with Gasteiger partial charge in [0.25, 0.3) is 5.91 Å². The number of sulfone groups is 1. The highest BCUT2D eigenvalue weighted by atomic mass is 32.2. The zero-order valence-electron chi connectivity index (χ0n) is 12.7. The van der Waals surface area contributed by atoms with E-state index in [0.717, 1.165) is 12.8 Å². The lowest BCUT2D eigenvalue weighted by atomic mass is 9.96. The standard InChI is InChI=1S/C15H20N2O4S2/c18-14(16-12-5-8-23(20,21)10-12)11-3-1-6-17(9-11)15(19)13-4-2-7-22-13/h2,4,7,11-12H,1,3,5-6,8-10H2,(H,16,18)/t11-,12+/m1/s1. The molecule has 8 heteroatoms. The molecule has 1 aromatic heterocycles. The molecule has 0 radical (unpaired) electrons. The van der Waals surface area contributed by atoms with Crippen LogP contribution in [0.2, 0.25) is 0 Å². The summed E-state index contributed by atoms with van der Waals surface area (Å²) < 4.78 is 22.9. The molecule has 0 saturated carbocycles. The van der Waals surface area contributed by atoms with Crippen LogP contribution in [0.1, 0.15) is 28.9 Å². The van der Waals surface area contributed by atoms with E-state index in [-0.39, 0.29) is 35.3 Å². The molecule has 0 aliphatic carbocycles. The third kappa shape index (κ3) is 3.92. The molecular weight excluding hydrogens is 336 g/mol. The van der Waals surface area contributed by atoms with Gasteiger partial charge in [-0.3, -0.25) is 9.59 Å². The van der Waals surface area contributed by atoms with Crippen molar-refractivity contribution in [2.45, 2.75) is 25.3 Å². The molecule has 2 amide bonds. The number of rotatable bonds is 3. The van der Waals surface area contributed by atoms with Crippen LogP contribution >= 0.6 is 11.3 Å². The molecule has 3 rings (SSSR count). The first-order valence-corrected chi connectivity index (χ1v) is 10.5. The van der Waals surface area contributed by atoms with Crippen LogP contribution in [-0.4, -0.2) is 55.8 Å². The highest BCUT2D eigenvalue weighted by Crippen LogP contribution is 2.21. The van der Waals surface area contributed by atoms with Crippen LogP contribution in [0.5, 0.6) is 0 Å². The van der Waals surface area contributed by atoms with Gasteiger partial charge < -0.3 is 10.2 Å². The van der Waals surface area contributed by atoms with Gasteiger partial charge in [0.15, 0.2) is 9.84 Å². The lowest BCUT2D eigenvalue weighted by molar-refractivity contribution is -0.126. The summed E-state index contributed by atoms with van der Waals surface area (Å²) in [5, 5.41) is 4.71. The second-order valence-corrected chi connectivity index (χ2v) is 9.35. The Kier molecular flexibility index (Phi) is 4.72. The molecule has 0 spiro atoms. The van der Waals surface area contributed by atoms with Crippen molar-refractivity contribution < 1.29 is 18.0 Å². The molecule has 0 bridgehead atoms. The Morgan fingerprint density at radius 3 is 2.78 bits per heavy atom. The maximum Gasteiger partial charge on any atom is 0.263 e. The quantitative estimate of drug-likeness (QED) is 0.872. The number of hydrogen-bond acceptors (Lipinski definition) is 5. The van der Waals surface area contributed by atoms with E-state index >= 15 is 0 Å². The molecular formula is C15H20N2O4S2. The smallest absolute Gasteiger partial charge is 0.263 e. The second kappa shape index (κ2) is 6.60. The Morgan fingerprint density at radius 1 is 1.30 bits per heavy atom. The average molecular weight is 356 g/mol. The lowest BCUT2D eigenvalue weighted by Gasteiger charge is -2.32. The fraction of sp³-hybridized carbons (Fsp3) is 0.600. The van der Waals surface area contributed by atoms with Crippen molar-refractivity contribution in [3.05, 3.63) is 22.4 Å². The van der Waals surface area contributed by atoms with E-state index in [2.05, 4.69) is 5.32 Å². The third-order valence-corrected chi connectivity index (χ3v) is 7.02. The first kappa shape index (κ1) is 16.4. The van der Waals surface area contributed by atoms with Gasteiger partial charge in [-0.2, -0.15) is 0 Å². The maximum atomic E-state index is 12.4. The largest absolute Gasteiger partial charge is 0.352 e. The maximum absolute atomic E-state index is 12.4. The highest BCUT2D eigenvalue weighted by molar-refractivity contribution is 7.91. The van der Waals surface area contributed by atoms with E-state index in [0.29, 0.717) is 24.4 Å². The summed E-state index contributed by atoms with van der Waals surface area (Å²) >= 11 is 1.40. The van der Waals surface area contributed by atoms with E-state index in [9.17, 15) is 18.0 Å². The Labute approximate surface area is 139 Å². The van der Waals surface area contributed by atoms with Crippen molar-refractivity contribution >= 4 is 33.0 Å². The van der Waals surface area contributed by atoms with Crippen LogP contribution in [0, 0.1) is 5.92 Å². The summed E-state index contributed by atoms with van der Waals surface area (Å²) in [5.41, 5.74) is 0. The van der Waals surface area contributed by atoms with Crippen molar-refractivity contribution in [1.29, 1.82) is 0 Å². The van der Waals surface area contributed by atoms with Gasteiger partial charge in [0, 0.05) is 19.1 Å². The molecule has 2 aliphatic heterocycles. The molecule has 2 fully saturated rings. The molecule has 1 aromatic rings. The number of carbonyl (C=O) groups is 2. The Balaban J connectivity index is 1.58. The monoisotopic (exact) mass is 356 g/mol. The van der Waals surface area contributed by atoms with E-state index < -0.39 is 9.84 Å². The van der Waals surface area contributed by atoms with Gasteiger partial charge in [0.2, 0.25) is 5.91 Å². The van der Waals surface area contributed by atoms with Gasteiger partial charge in [-0.05, 0) is 30.7 Å². The Hall–Kier alpha value is -1.41. The Bertz CT molecular complexity index is 684. The highest BCUT2D eigenvalue weighted by Gasteiger charge is 2.33. The first-order chi connectivity index (χ1) is 10.9. The van der Waals surface area contributed by atoms with Crippen LogP contribution in [0.25, 0.3) is 0 Å². The van der Waals surface area contributed by atoms with E-state index in [1.54, 1.807) is 11.0 Å². The van der Waals surface area contributed by atoms with Gasteiger partial charge >= 0.3 is 0 Å². The van der Waals surface area contributed by atoms with Crippen molar-refractivity contribution in [3.8, 4) is 0 Å². The van der Waals surface area contributed by atoms with Crippen LogP contribution in [0.3, 0.4) is 0 Å². The van der Waals surface area contributed by atoms with Gasteiger partial charge in [-0.25, -0.2) is 8.42 Å². The molecule has 2 aliphatic rings. The Morgan fingerprint density at radius 2 is 2.13 bits per heavy atom. The number of nitrogens with zero attached hydrogens (tertiary/aromatic N) is 1. The normalized spacial score (nSPS) is 26.9. The number of nitrogens with one attached hydrogen (secondary N) is 1. The minimum atomic E-state index is -3.00. The number of piperidine rings is 1. The molecule has 3 heterocycles. The topological polar surface area (TPSA) is 83.6 Å². The SMILES string of the molecule is O=C(N[C@H]1CCS(=O)(=O)C1)[C@@H]1CCCN(C(=O)c2cccs2)C1. The van der Waals surface area contributed by atoms with Gasteiger partial charge in [0.05, 0.1) is 22.3 Å². The number of thiophene rings is 1. The van der Waals surface area contributed by atoms with E-state index in [4.69, 9.17) is 0 Å². The molecule has 23 heavy (non-hydrogen) atoms. The number of hydrogen-bond donors (Lipinski definition) is 1. The first-order valence-electron chi connectivity index (χ1n) is 7.78. The summed E-state index contributed by atoms with van der Waals surface area (Å²) in [6.45, 7) is 1.07. The van der Waals surface area contributed by atoms with E-state index in [1.807, 2.05) is 11.4 Å². The van der Waals surface area contributed by atoms with Gasteiger partial charge in [-0.15, -0.1) is 11.3 Å². The predicted molar refractivity (Wildman–Crippen MR) is 88.1 cm³/mol. The molecule has 0 aromatic carbocycles. The molecule has 1 N–H and O–H groups in total. The summed E-state index contributed by atoms with van der Waals surface area (Å²) in [5.74, 6) is -0.234. The summed E-state index contributed by atoms with van der Waals surface area (Å²) in [6, 6.07) is 3.35. The van der Waals surface area contributed by atoms with Crippen LogP contribution in [0.15, 0.2) is 17.5 Å². The van der Waals surface area contributed by atoms with Crippen molar-refractivity contribution in [1.82, 2.24) is 10.2 Å². The molecule has 2 atom stereocenters. The zero-order valence-corrected chi connectivity index (χ0v) is 14.4. The molecule has 126 valence electrons. The number of carbonyl (C=O) groups excluding carboxylic acids is 2. The summed E-state index contributed by atoms with van der Waals surface area (Å²) in [4.78, 5) is 27.2. The molecule has 0 unspecified atom stereocenters. The van der Waals surface area contributed by atoms with Crippen molar-refractivity contribution in [3.63, 3.8) is 0 Å². The van der Waals surface area contributed by atoms with Crippen LogP contribution < -0.4 is 5.32 Å². The summed E-state index contributed by atoms with van der Waals surface area (Å²) in [7, 11) is -3.00. The van der Waals surface area contributed by atoms with Crippen LogP contribution in [0.4, 0.5) is 0 Å². The van der Waals surface area contributed by atoms with Gasteiger partial charge in [0.1, 0.15) is 0 Å². The summed E-state index contributed by atoms with van der Waals surface area (Å²) in [6.07, 6.45) is 2.01. The fourth-order valence-corrected chi connectivity index (χ4v) is 5.52. The number of amides is 2. The molecule has 6 nitrogen and oxygen atoms in total. The average Bonchev–Trinajstić information content (AvgIpc) is 3.16. The number of likely N-dealkylation sites (tertiary alicyclic amines) is 1. The fourth-order valence-electron chi connectivity index (χ4n) is 3.16. The second-order valence-electron chi connectivity index (χ2n) is 6.18. The zero-order chi connectivity index (χ0) is 16.4. The van der Waals surface area contributed by atoms with Crippen LogP contribution in [-0.2, 0) is 14.6 Å². The molecule has 2 saturated heterocycles. The minimum absolute atomic E-state index is 0.0269. The van der Waals surface area contributed by atoms with Gasteiger partial charge in [-0.1, -0.05) is 6.07 Å². The van der Waals surface area contributed by atoms with Crippen molar-refractivity contribution in [2.24, 2.45) is 5.92 Å². The minimum Gasteiger partial charge on any atom is -0.352 e. The predicted octanol–water partition coefficient (Wildman–Crippen LogP) is 0.904. The third-order valence-electron chi connectivity index (χ3n) is 4.39. The van der Waals surface area contributed by atoms with E-state index in [1.165, 1.54) is 11.3 Å². The lowest BCUT2D eigenvalue weighted by Crippen LogP contribution is -2.47. The van der Waals surface area contributed by atoms with Crippen molar-refractivity contribution in [2.75, 3.05) is 24.6 Å².